The van der Waals surface area contributed by atoms with E-state index in [1.807, 2.05) is 6.92 Å². The molecule has 0 fully saturated rings. The molecule has 1 rings (SSSR count). The van der Waals surface area contributed by atoms with E-state index in [1.165, 1.54) is 25.7 Å². The molecule has 1 heterocycles. The first-order valence-electron chi connectivity index (χ1n) is 8.09. The molecule has 0 amide bonds. The van der Waals surface area contributed by atoms with Crippen LogP contribution in [0.25, 0.3) is 0 Å². The minimum atomic E-state index is -0.774. The highest BCUT2D eigenvalue weighted by Crippen LogP contribution is 2.43. The standard InChI is InChI=1S/C19H23N3O/c1-4-6-7-8-9-10-11-19(5-2)15(3)17(14-22)18(23-19)16(12-20)13-21/h5H,2,4,6-11H2,1,3H3. The third kappa shape index (κ3) is 4.02. The molecule has 4 heteroatoms. The summed E-state index contributed by atoms with van der Waals surface area (Å²) in [7, 11) is 0. The second-order valence-electron chi connectivity index (χ2n) is 5.75. The summed E-state index contributed by atoms with van der Waals surface area (Å²) in [6.45, 7) is 7.85. The van der Waals surface area contributed by atoms with Gasteiger partial charge in [-0.1, -0.05) is 45.6 Å². The molecule has 0 aromatic carbocycles. The fourth-order valence-electron chi connectivity index (χ4n) is 2.83. The molecule has 1 atom stereocenters. The number of unbranched alkanes of at least 4 members (excludes halogenated alkanes) is 5. The molecule has 0 N–H and O–H groups in total. The van der Waals surface area contributed by atoms with E-state index in [0.717, 1.165) is 18.4 Å². The van der Waals surface area contributed by atoms with Crippen molar-refractivity contribution in [2.75, 3.05) is 0 Å². The number of nitriles is 3. The molecule has 0 spiro atoms. The Balaban J connectivity index is 2.93. The van der Waals surface area contributed by atoms with E-state index in [4.69, 9.17) is 15.3 Å². The molecule has 120 valence electrons. The molecule has 1 aliphatic heterocycles. The molecular formula is C19H23N3O. The number of hydrogen-bond donors (Lipinski definition) is 0. The van der Waals surface area contributed by atoms with Gasteiger partial charge in [0, 0.05) is 0 Å². The van der Waals surface area contributed by atoms with Crippen molar-refractivity contribution in [3.63, 3.8) is 0 Å². The van der Waals surface area contributed by atoms with Crippen LogP contribution in [0.3, 0.4) is 0 Å². The number of nitrogens with zero attached hydrogens (tertiary/aromatic N) is 3. The molecule has 0 radical (unpaired) electrons. The highest BCUT2D eigenvalue weighted by atomic mass is 16.5. The molecule has 0 aliphatic carbocycles. The Morgan fingerprint density at radius 1 is 1.13 bits per heavy atom. The van der Waals surface area contributed by atoms with Crippen LogP contribution in [0.4, 0.5) is 0 Å². The molecule has 4 nitrogen and oxygen atoms in total. The van der Waals surface area contributed by atoms with Crippen molar-refractivity contribution in [1.29, 1.82) is 15.8 Å². The quantitative estimate of drug-likeness (QED) is 0.365. The fourth-order valence-corrected chi connectivity index (χ4v) is 2.83. The third-order valence-electron chi connectivity index (χ3n) is 4.31. The van der Waals surface area contributed by atoms with E-state index in [9.17, 15) is 5.26 Å². The maximum atomic E-state index is 9.37. The van der Waals surface area contributed by atoms with Gasteiger partial charge in [-0.05, 0) is 31.4 Å². The molecule has 0 saturated carbocycles. The lowest BCUT2D eigenvalue weighted by atomic mass is 9.87. The van der Waals surface area contributed by atoms with E-state index < -0.39 is 5.60 Å². The monoisotopic (exact) mass is 309 g/mol. The average molecular weight is 309 g/mol. The van der Waals surface area contributed by atoms with Crippen molar-refractivity contribution in [3.8, 4) is 18.2 Å². The van der Waals surface area contributed by atoms with Gasteiger partial charge in [0.15, 0.2) is 11.3 Å². The van der Waals surface area contributed by atoms with E-state index >= 15 is 0 Å². The molecular weight excluding hydrogens is 286 g/mol. The summed E-state index contributed by atoms with van der Waals surface area (Å²) in [6, 6.07) is 5.68. The lowest BCUT2D eigenvalue weighted by molar-refractivity contribution is 0.0907. The van der Waals surface area contributed by atoms with Crippen molar-refractivity contribution in [3.05, 3.63) is 35.1 Å². The predicted octanol–water partition coefficient (Wildman–Crippen LogP) is 4.83. The zero-order valence-electron chi connectivity index (χ0n) is 14.0. The van der Waals surface area contributed by atoms with E-state index in [-0.39, 0.29) is 16.9 Å². The average Bonchev–Trinajstić information content (AvgIpc) is 2.85. The molecule has 23 heavy (non-hydrogen) atoms. The van der Waals surface area contributed by atoms with Crippen molar-refractivity contribution >= 4 is 0 Å². The lowest BCUT2D eigenvalue weighted by Crippen LogP contribution is -2.27. The van der Waals surface area contributed by atoms with Crippen LogP contribution in [0.2, 0.25) is 0 Å². The summed E-state index contributed by atoms with van der Waals surface area (Å²) in [5, 5.41) is 27.5. The Hall–Kier alpha value is -2.51. The van der Waals surface area contributed by atoms with Crippen molar-refractivity contribution < 1.29 is 4.74 Å². The summed E-state index contributed by atoms with van der Waals surface area (Å²) in [4.78, 5) is 0. The highest BCUT2D eigenvalue weighted by molar-refractivity contribution is 5.58. The predicted molar refractivity (Wildman–Crippen MR) is 88.6 cm³/mol. The zero-order chi connectivity index (χ0) is 17.3. The summed E-state index contributed by atoms with van der Waals surface area (Å²) in [6.07, 6.45) is 9.31. The van der Waals surface area contributed by atoms with Gasteiger partial charge in [0.1, 0.15) is 23.8 Å². The third-order valence-corrected chi connectivity index (χ3v) is 4.31. The minimum Gasteiger partial charge on any atom is -0.475 e. The Morgan fingerprint density at radius 3 is 2.26 bits per heavy atom. The first-order valence-corrected chi connectivity index (χ1v) is 8.09. The van der Waals surface area contributed by atoms with Crippen LogP contribution in [0.5, 0.6) is 0 Å². The largest absolute Gasteiger partial charge is 0.475 e. The summed E-state index contributed by atoms with van der Waals surface area (Å²) in [5.41, 5.74) is 0.0903. The zero-order valence-corrected chi connectivity index (χ0v) is 14.0. The topological polar surface area (TPSA) is 80.6 Å². The first kappa shape index (κ1) is 18.5. The summed E-state index contributed by atoms with van der Waals surface area (Å²) < 4.78 is 5.91. The van der Waals surface area contributed by atoms with Gasteiger partial charge in [0.25, 0.3) is 0 Å². The fraction of sp³-hybridized carbons (Fsp3) is 0.526. The number of allylic oxidation sites excluding steroid dienone is 2. The van der Waals surface area contributed by atoms with E-state index in [2.05, 4.69) is 19.6 Å². The normalized spacial score (nSPS) is 19.5. The van der Waals surface area contributed by atoms with Gasteiger partial charge in [0.05, 0.1) is 5.57 Å². The SMILES string of the molecule is C=CC1(CCCCCCCC)OC(=C(C#N)C#N)C(C#N)=C1C. The maximum Gasteiger partial charge on any atom is 0.172 e. The van der Waals surface area contributed by atoms with E-state index in [0.29, 0.717) is 6.42 Å². The van der Waals surface area contributed by atoms with Crippen LogP contribution in [0.15, 0.2) is 35.1 Å². The van der Waals surface area contributed by atoms with Crippen LogP contribution in [-0.4, -0.2) is 5.60 Å². The van der Waals surface area contributed by atoms with Crippen molar-refractivity contribution in [1.82, 2.24) is 0 Å². The Morgan fingerprint density at radius 2 is 1.74 bits per heavy atom. The molecule has 0 bridgehead atoms. The number of hydrogen-bond acceptors (Lipinski definition) is 4. The van der Waals surface area contributed by atoms with Crippen LogP contribution in [-0.2, 0) is 4.74 Å². The number of ether oxygens (including phenoxy) is 1. The Bertz CT molecular complexity index is 621. The number of rotatable bonds is 8. The Labute approximate surface area is 139 Å². The lowest BCUT2D eigenvalue weighted by Gasteiger charge is -2.27. The molecule has 0 saturated heterocycles. The van der Waals surface area contributed by atoms with Gasteiger partial charge >= 0.3 is 0 Å². The second-order valence-corrected chi connectivity index (χ2v) is 5.75. The molecule has 1 aliphatic rings. The summed E-state index contributed by atoms with van der Waals surface area (Å²) >= 11 is 0. The van der Waals surface area contributed by atoms with Gasteiger partial charge < -0.3 is 4.74 Å². The first-order chi connectivity index (χ1) is 11.1. The summed E-state index contributed by atoms with van der Waals surface area (Å²) in [5.74, 6) is 0.0980. The minimum absolute atomic E-state index is 0.0980. The van der Waals surface area contributed by atoms with Crippen LogP contribution >= 0.6 is 0 Å². The van der Waals surface area contributed by atoms with Gasteiger partial charge in [-0.3, -0.25) is 0 Å². The van der Waals surface area contributed by atoms with Gasteiger partial charge in [-0.25, -0.2) is 0 Å². The van der Waals surface area contributed by atoms with Crippen molar-refractivity contribution in [2.45, 2.75) is 64.4 Å². The van der Waals surface area contributed by atoms with Crippen LogP contribution in [0.1, 0.15) is 58.8 Å². The molecule has 0 aromatic rings. The van der Waals surface area contributed by atoms with Gasteiger partial charge in [0.2, 0.25) is 0 Å². The van der Waals surface area contributed by atoms with Crippen LogP contribution < -0.4 is 0 Å². The van der Waals surface area contributed by atoms with Gasteiger partial charge in [-0.2, -0.15) is 15.8 Å². The van der Waals surface area contributed by atoms with E-state index in [1.54, 1.807) is 18.2 Å². The Kier molecular flexibility index (Phi) is 7.11. The van der Waals surface area contributed by atoms with Gasteiger partial charge in [-0.15, -0.1) is 0 Å². The molecule has 0 aromatic heterocycles. The maximum absolute atomic E-state index is 9.37. The second kappa shape index (κ2) is 8.82. The highest BCUT2D eigenvalue weighted by Gasteiger charge is 2.42. The van der Waals surface area contributed by atoms with Crippen molar-refractivity contribution in [2.24, 2.45) is 0 Å². The molecule has 1 unspecified atom stereocenters. The van der Waals surface area contributed by atoms with Crippen LogP contribution in [0, 0.1) is 34.0 Å². The smallest absolute Gasteiger partial charge is 0.172 e.